The van der Waals surface area contributed by atoms with Crippen LogP contribution in [-0.4, -0.2) is 24.0 Å². The zero-order valence-corrected chi connectivity index (χ0v) is 15.0. The van der Waals surface area contributed by atoms with Gasteiger partial charge in [-0.05, 0) is 55.7 Å². The molecule has 1 nitrogen and oxygen atoms in total. The molecule has 2 aromatic heterocycles. The van der Waals surface area contributed by atoms with Gasteiger partial charge < -0.3 is 0 Å². The smallest absolute Gasteiger partial charge is 0.0354 e. The largest absolute Gasteiger partial charge is 0.297 e. The van der Waals surface area contributed by atoms with Gasteiger partial charge in [0.2, 0.25) is 0 Å². The second-order valence-corrected chi connectivity index (χ2v) is 7.97. The minimum Gasteiger partial charge on any atom is -0.297 e. The molecule has 0 aliphatic carbocycles. The Morgan fingerprint density at radius 1 is 0.955 bits per heavy atom. The predicted octanol–water partition coefficient (Wildman–Crippen LogP) is 5.90. The van der Waals surface area contributed by atoms with Crippen LogP contribution in [0.4, 0.5) is 0 Å². The highest BCUT2D eigenvalue weighted by molar-refractivity contribution is 7.13. The Balaban J connectivity index is 1.81. The number of rotatable bonds is 4. The molecule has 1 atom stereocenters. The van der Waals surface area contributed by atoms with E-state index in [4.69, 9.17) is 0 Å². The minimum absolute atomic E-state index is 0.511. The topological polar surface area (TPSA) is 3.24 Å². The van der Waals surface area contributed by atoms with Crippen LogP contribution in [0.5, 0.6) is 0 Å². The molecule has 0 N–H and O–H groups in total. The van der Waals surface area contributed by atoms with Gasteiger partial charge in [-0.25, -0.2) is 0 Å². The summed E-state index contributed by atoms with van der Waals surface area (Å²) < 4.78 is 0. The molecular weight excluding hydrogens is 306 g/mol. The lowest BCUT2D eigenvalue weighted by Crippen LogP contribution is -2.34. The fourth-order valence-electron chi connectivity index (χ4n) is 3.18. The Kier molecular flexibility index (Phi) is 5.88. The van der Waals surface area contributed by atoms with Crippen LogP contribution in [0.15, 0.2) is 41.1 Å². The first-order valence-corrected chi connectivity index (χ1v) is 10.1. The average molecular weight is 332 g/mol. The van der Waals surface area contributed by atoms with Gasteiger partial charge in [0.05, 0.1) is 0 Å². The van der Waals surface area contributed by atoms with Gasteiger partial charge in [0, 0.05) is 21.4 Å². The Morgan fingerprint density at radius 2 is 1.50 bits per heavy atom. The molecule has 118 valence electrons. The highest BCUT2D eigenvalue weighted by atomic mass is 32.1. The van der Waals surface area contributed by atoms with Crippen molar-refractivity contribution < 1.29 is 0 Å². The van der Waals surface area contributed by atoms with Crippen LogP contribution in [0.25, 0.3) is 5.57 Å². The van der Waals surface area contributed by atoms with E-state index in [1.807, 2.05) is 22.7 Å². The lowest BCUT2D eigenvalue weighted by molar-refractivity contribution is 0.219. The van der Waals surface area contributed by atoms with Crippen LogP contribution in [0.2, 0.25) is 0 Å². The summed E-state index contributed by atoms with van der Waals surface area (Å²) >= 11 is 3.69. The van der Waals surface area contributed by atoms with Gasteiger partial charge >= 0.3 is 0 Å². The first-order valence-electron chi connectivity index (χ1n) is 8.38. The molecule has 3 heterocycles. The summed E-state index contributed by atoms with van der Waals surface area (Å²) in [5.74, 6) is 0. The van der Waals surface area contributed by atoms with Crippen LogP contribution in [0.3, 0.4) is 0 Å². The van der Waals surface area contributed by atoms with Crippen LogP contribution >= 0.6 is 22.7 Å². The Hall–Kier alpha value is -0.900. The summed E-state index contributed by atoms with van der Waals surface area (Å²) in [7, 11) is 0. The second kappa shape index (κ2) is 8.09. The Bertz CT molecular complexity index is 524. The van der Waals surface area contributed by atoms with Crippen LogP contribution < -0.4 is 0 Å². The molecule has 0 bridgehead atoms. The van der Waals surface area contributed by atoms with Crippen molar-refractivity contribution in [2.75, 3.05) is 13.1 Å². The first-order chi connectivity index (χ1) is 10.8. The number of hydrogen-bond donors (Lipinski definition) is 0. The molecule has 0 spiro atoms. The number of nitrogens with zero attached hydrogens (tertiary/aromatic N) is 1. The van der Waals surface area contributed by atoms with Crippen molar-refractivity contribution in [3.05, 3.63) is 50.9 Å². The summed E-state index contributed by atoms with van der Waals surface area (Å²) in [6.45, 7) is 4.86. The van der Waals surface area contributed by atoms with Crippen molar-refractivity contribution in [3.63, 3.8) is 0 Å². The molecule has 1 saturated heterocycles. The monoisotopic (exact) mass is 331 g/mol. The average Bonchev–Trinajstić information content (AvgIpc) is 3.18. The van der Waals surface area contributed by atoms with E-state index >= 15 is 0 Å². The summed E-state index contributed by atoms with van der Waals surface area (Å²) in [5, 5.41) is 4.36. The molecule has 3 rings (SSSR count). The summed E-state index contributed by atoms with van der Waals surface area (Å²) in [6, 6.07) is 9.31. The van der Waals surface area contributed by atoms with Gasteiger partial charge in [-0.15, -0.1) is 22.7 Å². The van der Waals surface area contributed by atoms with Gasteiger partial charge in [-0.2, -0.15) is 0 Å². The molecule has 3 heteroatoms. The molecule has 0 aromatic carbocycles. The molecular formula is C19H25NS2. The summed E-state index contributed by atoms with van der Waals surface area (Å²) in [4.78, 5) is 5.45. The van der Waals surface area contributed by atoms with E-state index in [2.05, 4.69) is 52.9 Å². The van der Waals surface area contributed by atoms with E-state index in [1.165, 1.54) is 60.5 Å². The first kappa shape index (κ1) is 16.0. The van der Waals surface area contributed by atoms with Crippen molar-refractivity contribution in [3.8, 4) is 0 Å². The van der Waals surface area contributed by atoms with E-state index in [1.54, 1.807) is 0 Å². The van der Waals surface area contributed by atoms with Gasteiger partial charge in [0.25, 0.3) is 0 Å². The standard InChI is InChI=1S/C19H25NS2/c1-16(20-11-5-3-2-4-6-12-20)15-17(18-9-7-13-21-18)19-10-8-14-22-19/h7-10,13-16H,2-6,11-12H2,1H3. The second-order valence-electron chi connectivity index (χ2n) is 6.08. The van der Waals surface area contributed by atoms with Crippen LogP contribution in [0.1, 0.15) is 48.8 Å². The number of thiophene rings is 2. The fraction of sp³-hybridized carbons (Fsp3) is 0.474. The molecule has 0 radical (unpaired) electrons. The van der Waals surface area contributed by atoms with Gasteiger partial charge in [0.15, 0.2) is 0 Å². The van der Waals surface area contributed by atoms with Gasteiger partial charge in [-0.3, -0.25) is 4.90 Å². The minimum atomic E-state index is 0.511. The molecule has 1 unspecified atom stereocenters. The van der Waals surface area contributed by atoms with E-state index in [0.29, 0.717) is 6.04 Å². The SMILES string of the molecule is CC(C=C(c1cccs1)c1cccs1)N1CCCCCCC1. The fourth-order valence-corrected chi connectivity index (χ4v) is 4.77. The molecule has 2 aromatic rings. The number of hydrogen-bond acceptors (Lipinski definition) is 3. The van der Waals surface area contributed by atoms with Crippen molar-refractivity contribution in [1.29, 1.82) is 0 Å². The lowest BCUT2D eigenvalue weighted by Gasteiger charge is -2.29. The third kappa shape index (κ3) is 4.09. The molecule has 1 aliphatic rings. The summed E-state index contributed by atoms with van der Waals surface area (Å²) in [5.41, 5.74) is 1.42. The Morgan fingerprint density at radius 3 is 2.00 bits per heavy atom. The maximum Gasteiger partial charge on any atom is 0.0354 e. The Labute approximate surface area is 142 Å². The highest BCUT2D eigenvalue weighted by Crippen LogP contribution is 2.31. The van der Waals surface area contributed by atoms with Crippen molar-refractivity contribution >= 4 is 28.2 Å². The maximum atomic E-state index is 2.67. The molecule has 1 fully saturated rings. The molecule has 0 saturated carbocycles. The molecule has 22 heavy (non-hydrogen) atoms. The quantitative estimate of drug-likeness (QED) is 0.674. The van der Waals surface area contributed by atoms with E-state index in [-0.39, 0.29) is 0 Å². The third-order valence-corrected chi connectivity index (χ3v) is 6.25. The molecule has 1 aliphatic heterocycles. The highest BCUT2D eigenvalue weighted by Gasteiger charge is 2.16. The zero-order valence-electron chi connectivity index (χ0n) is 13.3. The zero-order chi connectivity index (χ0) is 15.2. The van der Waals surface area contributed by atoms with E-state index < -0.39 is 0 Å². The van der Waals surface area contributed by atoms with E-state index in [9.17, 15) is 0 Å². The molecule has 0 amide bonds. The lowest BCUT2D eigenvalue weighted by atomic mass is 10.0. The van der Waals surface area contributed by atoms with Crippen LogP contribution in [-0.2, 0) is 0 Å². The maximum absolute atomic E-state index is 2.67. The van der Waals surface area contributed by atoms with Crippen molar-refractivity contribution in [2.45, 2.75) is 45.1 Å². The van der Waals surface area contributed by atoms with Crippen molar-refractivity contribution in [2.24, 2.45) is 0 Å². The van der Waals surface area contributed by atoms with E-state index in [0.717, 1.165) is 0 Å². The van der Waals surface area contributed by atoms with Crippen molar-refractivity contribution in [1.82, 2.24) is 4.90 Å². The van der Waals surface area contributed by atoms with Crippen LogP contribution in [0, 0.1) is 0 Å². The van der Waals surface area contributed by atoms with Gasteiger partial charge in [0.1, 0.15) is 0 Å². The normalized spacial score (nSPS) is 18.4. The van der Waals surface area contributed by atoms with Gasteiger partial charge in [-0.1, -0.05) is 37.5 Å². The third-order valence-electron chi connectivity index (χ3n) is 4.45. The summed E-state index contributed by atoms with van der Waals surface area (Å²) in [6.07, 6.45) is 9.41. The number of likely N-dealkylation sites (tertiary alicyclic amines) is 1. The predicted molar refractivity (Wildman–Crippen MR) is 99.8 cm³/mol.